The van der Waals surface area contributed by atoms with Crippen molar-refractivity contribution in [2.45, 2.75) is 23.5 Å². The van der Waals surface area contributed by atoms with Gasteiger partial charge >= 0.3 is 0 Å². The minimum Gasteiger partial charge on any atom is -0.122 e. The highest BCUT2D eigenvalue weighted by molar-refractivity contribution is 7.19. The fourth-order valence-electron chi connectivity index (χ4n) is 4.38. The summed E-state index contributed by atoms with van der Waals surface area (Å²) in [4.78, 5) is 0. The SMILES string of the molecule is ClCc1ccc([Si](c2ccc(CCl)cc2)(c2ccc(CCl)cc2)c2ccc(CCl)cc2)cc1. The van der Waals surface area contributed by atoms with Crippen molar-refractivity contribution in [3.8, 4) is 0 Å². The van der Waals surface area contributed by atoms with Crippen LogP contribution in [-0.4, -0.2) is 8.07 Å². The van der Waals surface area contributed by atoms with Crippen molar-refractivity contribution in [2.75, 3.05) is 0 Å². The highest BCUT2D eigenvalue weighted by atomic mass is 35.5. The Morgan fingerprint density at radius 3 is 0.667 bits per heavy atom. The normalized spacial score (nSPS) is 11.5. The van der Waals surface area contributed by atoms with Crippen molar-refractivity contribution in [2.24, 2.45) is 0 Å². The fraction of sp³-hybridized carbons (Fsp3) is 0.143. The molecule has 168 valence electrons. The van der Waals surface area contributed by atoms with Gasteiger partial charge in [0.25, 0.3) is 0 Å². The van der Waals surface area contributed by atoms with Crippen molar-refractivity contribution < 1.29 is 0 Å². The lowest BCUT2D eigenvalue weighted by atomic mass is 10.2. The molecule has 0 aliphatic rings. The summed E-state index contributed by atoms with van der Waals surface area (Å²) in [6.45, 7) is 0. The first kappa shape index (κ1) is 24.4. The molecule has 0 nitrogen and oxygen atoms in total. The number of rotatable bonds is 8. The molecule has 0 fully saturated rings. The minimum absolute atomic E-state index is 0.494. The van der Waals surface area contributed by atoms with E-state index in [2.05, 4.69) is 97.1 Å². The Morgan fingerprint density at radius 2 is 0.515 bits per heavy atom. The fourth-order valence-corrected chi connectivity index (χ4v) is 9.75. The maximum atomic E-state index is 6.12. The van der Waals surface area contributed by atoms with Crippen LogP contribution in [0.25, 0.3) is 0 Å². The zero-order valence-electron chi connectivity index (χ0n) is 18.1. The zero-order chi connectivity index (χ0) is 23.3. The average Bonchev–Trinajstić information content (AvgIpc) is 2.90. The van der Waals surface area contributed by atoms with Crippen LogP contribution in [0.4, 0.5) is 0 Å². The van der Waals surface area contributed by atoms with E-state index in [0.717, 1.165) is 22.3 Å². The van der Waals surface area contributed by atoms with Crippen molar-refractivity contribution >= 4 is 75.2 Å². The van der Waals surface area contributed by atoms with Crippen LogP contribution in [0.1, 0.15) is 22.3 Å². The summed E-state index contributed by atoms with van der Waals surface area (Å²) in [5.41, 5.74) is 4.43. The maximum Gasteiger partial charge on any atom is 0.179 e. The maximum absolute atomic E-state index is 6.12. The molecule has 0 saturated heterocycles. The van der Waals surface area contributed by atoms with E-state index in [4.69, 9.17) is 46.4 Å². The number of halogens is 4. The van der Waals surface area contributed by atoms with Crippen molar-refractivity contribution in [1.29, 1.82) is 0 Å². The summed E-state index contributed by atoms with van der Waals surface area (Å²) in [6, 6.07) is 35.0. The summed E-state index contributed by atoms with van der Waals surface area (Å²) in [6.07, 6.45) is 0. The van der Waals surface area contributed by atoms with Crippen LogP contribution in [-0.2, 0) is 23.5 Å². The lowest BCUT2D eigenvalue weighted by molar-refractivity contribution is 1.40. The van der Waals surface area contributed by atoms with Crippen LogP contribution >= 0.6 is 46.4 Å². The van der Waals surface area contributed by atoms with E-state index >= 15 is 0 Å². The Kier molecular flexibility index (Phi) is 8.22. The Hall–Kier alpha value is -1.74. The van der Waals surface area contributed by atoms with Gasteiger partial charge in [-0.05, 0) is 43.0 Å². The standard InChI is InChI=1S/C28H24Cl4Si/c29-17-21-1-9-25(10-2-21)33(26-11-3-22(18-30)4-12-26,27-13-5-23(19-31)6-14-27)28-15-7-24(20-32)8-16-28/h1-16H,17-20H2. The van der Waals surface area contributed by atoms with E-state index in [1.165, 1.54) is 20.7 Å². The summed E-state index contributed by atoms with van der Waals surface area (Å²) in [5, 5.41) is 5.19. The summed E-state index contributed by atoms with van der Waals surface area (Å²) >= 11 is 24.5. The van der Waals surface area contributed by atoms with E-state index < -0.39 is 8.07 Å². The monoisotopic (exact) mass is 528 g/mol. The van der Waals surface area contributed by atoms with Crippen LogP contribution in [0.2, 0.25) is 0 Å². The quantitative estimate of drug-likeness (QED) is 0.149. The highest BCUT2D eigenvalue weighted by Gasteiger charge is 2.41. The van der Waals surface area contributed by atoms with E-state index in [0.29, 0.717) is 23.5 Å². The van der Waals surface area contributed by atoms with E-state index in [-0.39, 0.29) is 0 Å². The molecule has 0 amide bonds. The van der Waals surface area contributed by atoms with Crippen LogP contribution in [0, 0.1) is 0 Å². The highest BCUT2D eigenvalue weighted by Crippen LogP contribution is 2.15. The van der Waals surface area contributed by atoms with Gasteiger partial charge in [-0.2, -0.15) is 0 Å². The Balaban J connectivity index is 2.05. The predicted molar refractivity (Wildman–Crippen MR) is 148 cm³/mol. The molecule has 0 unspecified atom stereocenters. The molecule has 4 rings (SSSR count). The average molecular weight is 530 g/mol. The largest absolute Gasteiger partial charge is 0.179 e. The topological polar surface area (TPSA) is 0 Å². The van der Waals surface area contributed by atoms with Crippen molar-refractivity contribution in [1.82, 2.24) is 0 Å². The Morgan fingerprint density at radius 1 is 0.333 bits per heavy atom. The number of benzene rings is 4. The molecule has 0 saturated carbocycles. The second-order valence-electron chi connectivity index (χ2n) is 8.07. The van der Waals surface area contributed by atoms with Gasteiger partial charge in [0.05, 0.1) is 0 Å². The third kappa shape index (κ3) is 4.89. The van der Waals surface area contributed by atoms with Gasteiger partial charge in [0.1, 0.15) is 0 Å². The number of hydrogen-bond donors (Lipinski definition) is 0. The molecular formula is C28H24Cl4Si. The molecular weight excluding hydrogens is 506 g/mol. The molecule has 0 atom stereocenters. The number of alkyl halides is 4. The summed E-state index contributed by atoms with van der Waals surface area (Å²) < 4.78 is 0. The molecule has 0 N–H and O–H groups in total. The van der Waals surface area contributed by atoms with Crippen molar-refractivity contribution in [3.05, 3.63) is 119 Å². The predicted octanol–water partition coefficient (Wildman–Crippen LogP) is 6.02. The van der Waals surface area contributed by atoms with E-state index in [1.54, 1.807) is 0 Å². The van der Waals surface area contributed by atoms with Crippen LogP contribution in [0.5, 0.6) is 0 Å². The van der Waals surface area contributed by atoms with Crippen molar-refractivity contribution in [3.63, 3.8) is 0 Å². The van der Waals surface area contributed by atoms with Gasteiger partial charge in [0.2, 0.25) is 0 Å². The summed E-state index contributed by atoms with van der Waals surface area (Å²) in [7, 11) is -2.62. The molecule has 33 heavy (non-hydrogen) atoms. The van der Waals surface area contributed by atoms with Gasteiger partial charge in [0.15, 0.2) is 8.07 Å². The Labute approximate surface area is 217 Å². The first-order chi connectivity index (χ1) is 16.1. The van der Waals surface area contributed by atoms with Gasteiger partial charge in [-0.15, -0.1) is 46.4 Å². The first-order valence-electron chi connectivity index (χ1n) is 10.8. The molecule has 0 aliphatic carbocycles. The molecule has 5 heteroatoms. The van der Waals surface area contributed by atoms with Gasteiger partial charge in [-0.3, -0.25) is 0 Å². The third-order valence-corrected chi connectivity index (χ3v) is 12.2. The molecule has 4 aromatic carbocycles. The molecule has 0 radical (unpaired) electrons. The van der Waals surface area contributed by atoms with E-state index in [1.807, 2.05) is 0 Å². The lowest BCUT2D eigenvalue weighted by Gasteiger charge is -2.35. The zero-order valence-corrected chi connectivity index (χ0v) is 22.1. The molecule has 0 bridgehead atoms. The molecule has 0 spiro atoms. The number of hydrogen-bond acceptors (Lipinski definition) is 0. The lowest BCUT2D eigenvalue weighted by Crippen LogP contribution is -2.74. The van der Waals surface area contributed by atoms with Crippen LogP contribution in [0.3, 0.4) is 0 Å². The van der Waals surface area contributed by atoms with Gasteiger partial charge in [-0.1, -0.05) is 97.1 Å². The Bertz CT molecular complexity index is 973. The molecule has 0 aromatic heterocycles. The van der Waals surface area contributed by atoms with Gasteiger partial charge in [0, 0.05) is 23.5 Å². The first-order valence-corrected chi connectivity index (χ1v) is 14.9. The molecule has 4 aromatic rings. The third-order valence-electron chi connectivity index (χ3n) is 6.17. The molecule has 0 aliphatic heterocycles. The smallest absolute Gasteiger partial charge is 0.122 e. The summed E-state index contributed by atoms with van der Waals surface area (Å²) in [5.74, 6) is 1.98. The molecule has 0 heterocycles. The second-order valence-corrected chi connectivity index (χ2v) is 13.0. The van der Waals surface area contributed by atoms with Gasteiger partial charge < -0.3 is 0 Å². The van der Waals surface area contributed by atoms with Crippen LogP contribution < -0.4 is 20.7 Å². The van der Waals surface area contributed by atoms with Crippen LogP contribution in [0.15, 0.2) is 97.1 Å². The minimum atomic E-state index is -2.62. The van der Waals surface area contributed by atoms with Gasteiger partial charge in [-0.25, -0.2) is 0 Å². The second kappa shape index (κ2) is 11.1. The van der Waals surface area contributed by atoms with E-state index in [9.17, 15) is 0 Å².